The second-order valence-corrected chi connectivity index (χ2v) is 5.36. The molecule has 0 bridgehead atoms. The minimum absolute atomic E-state index is 0.201. The molecule has 4 nitrogen and oxygen atoms in total. The summed E-state index contributed by atoms with van der Waals surface area (Å²) < 4.78 is 10.5. The average Bonchev–Trinajstić information content (AvgIpc) is 2.95. The molecule has 2 unspecified atom stereocenters. The fourth-order valence-electron chi connectivity index (χ4n) is 2.56. The summed E-state index contributed by atoms with van der Waals surface area (Å²) >= 11 is 0. The lowest BCUT2D eigenvalue weighted by atomic mass is 9.98. The Morgan fingerprint density at radius 3 is 2.95 bits per heavy atom. The van der Waals surface area contributed by atoms with Crippen LogP contribution in [0, 0.1) is 13.8 Å². The highest BCUT2D eigenvalue weighted by molar-refractivity contribution is 5.78. The van der Waals surface area contributed by atoms with Gasteiger partial charge in [0.2, 0.25) is 0 Å². The predicted molar refractivity (Wildman–Crippen MR) is 77.6 cm³/mol. The number of hydrogen-bond acceptors (Lipinski definition) is 4. The van der Waals surface area contributed by atoms with E-state index in [1.807, 2.05) is 32.0 Å². The normalized spacial score (nSPS) is 19.9. The van der Waals surface area contributed by atoms with Crippen LogP contribution >= 0.6 is 0 Å². The highest BCUT2D eigenvalue weighted by atomic mass is 16.5. The molecule has 1 N–H and O–H groups in total. The van der Waals surface area contributed by atoms with Gasteiger partial charge in [-0.1, -0.05) is 23.8 Å². The van der Waals surface area contributed by atoms with Crippen LogP contribution in [0.1, 0.15) is 35.6 Å². The molecule has 0 aliphatic carbocycles. The van der Waals surface area contributed by atoms with Gasteiger partial charge in [-0.3, -0.25) is 5.32 Å². The number of aryl methyl sites for hydroxylation is 2. The summed E-state index contributed by atoms with van der Waals surface area (Å²) in [6.45, 7) is 5.53. The first-order chi connectivity index (χ1) is 9.61. The van der Waals surface area contributed by atoms with Gasteiger partial charge in [0.15, 0.2) is 0 Å². The van der Waals surface area contributed by atoms with E-state index in [1.54, 1.807) is 0 Å². The van der Waals surface area contributed by atoms with E-state index in [0.29, 0.717) is 6.54 Å². The largest absolute Gasteiger partial charge is 0.468 e. The molecular formula is C16H23NO3. The van der Waals surface area contributed by atoms with Crippen molar-refractivity contribution in [3.8, 4) is 0 Å². The molecule has 0 radical (unpaired) electrons. The number of esters is 1. The first-order valence-electron chi connectivity index (χ1n) is 7.11. The Bertz CT molecular complexity index is 467. The van der Waals surface area contributed by atoms with Gasteiger partial charge in [-0.15, -0.1) is 0 Å². The maximum Gasteiger partial charge on any atom is 0.327 e. The molecule has 1 aliphatic heterocycles. The highest BCUT2D eigenvalue weighted by Crippen LogP contribution is 2.21. The van der Waals surface area contributed by atoms with Gasteiger partial charge in [-0.05, 0) is 37.8 Å². The Morgan fingerprint density at radius 1 is 1.50 bits per heavy atom. The van der Waals surface area contributed by atoms with E-state index in [-0.39, 0.29) is 12.1 Å². The van der Waals surface area contributed by atoms with E-state index in [2.05, 4.69) is 5.32 Å². The van der Waals surface area contributed by atoms with Gasteiger partial charge in [0.05, 0.1) is 13.2 Å². The van der Waals surface area contributed by atoms with E-state index in [1.165, 1.54) is 7.11 Å². The summed E-state index contributed by atoms with van der Waals surface area (Å²) in [7, 11) is 1.42. The zero-order valence-electron chi connectivity index (χ0n) is 12.4. The molecule has 0 amide bonds. The summed E-state index contributed by atoms with van der Waals surface area (Å²) in [5, 5.41) is 3.30. The lowest BCUT2D eigenvalue weighted by molar-refractivity contribution is -0.143. The lowest BCUT2D eigenvalue weighted by Crippen LogP contribution is -2.35. The Kier molecular flexibility index (Phi) is 5.15. The summed E-state index contributed by atoms with van der Waals surface area (Å²) in [6.07, 6.45) is 2.35. The van der Waals surface area contributed by atoms with Crippen molar-refractivity contribution >= 4 is 5.97 Å². The van der Waals surface area contributed by atoms with E-state index < -0.39 is 6.04 Å². The van der Waals surface area contributed by atoms with E-state index in [9.17, 15) is 4.79 Å². The van der Waals surface area contributed by atoms with Gasteiger partial charge in [0.25, 0.3) is 0 Å². The number of benzene rings is 1. The van der Waals surface area contributed by atoms with Crippen molar-refractivity contribution < 1.29 is 14.3 Å². The molecule has 2 atom stereocenters. The number of carbonyl (C=O) groups excluding carboxylic acids is 1. The van der Waals surface area contributed by atoms with Crippen LogP contribution in [0.2, 0.25) is 0 Å². The Hall–Kier alpha value is -1.39. The molecule has 1 fully saturated rings. The standard InChI is InChI=1S/C16H23NO3/c1-11-6-7-12(2)14(9-11)15(16(18)19-3)17-10-13-5-4-8-20-13/h6-7,9,13,15,17H,4-5,8,10H2,1-3H3. The van der Waals surface area contributed by atoms with Crippen LogP contribution < -0.4 is 5.32 Å². The second kappa shape index (κ2) is 6.86. The van der Waals surface area contributed by atoms with Gasteiger partial charge in [-0.2, -0.15) is 0 Å². The minimum Gasteiger partial charge on any atom is -0.468 e. The Labute approximate surface area is 120 Å². The fraction of sp³-hybridized carbons (Fsp3) is 0.562. The molecule has 1 heterocycles. The van der Waals surface area contributed by atoms with Crippen molar-refractivity contribution in [2.45, 2.75) is 38.8 Å². The van der Waals surface area contributed by atoms with Crippen molar-refractivity contribution in [1.29, 1.82) is 0 Å². The molecule has 4 heteroatoms. The number of rotatable bonds is 5. The Morgan fingerprint density at radius 2 is 2.30 bits per heavy atom. The van der Waals surface area contributed by atoms with Crippen LogP contribution in [0.4, 0.5) is 0 Å². The first kappa shape index (κ1) is 15.0. The topological polar surface area (TPSA) is 47.6 Å². The fourth-order valence-corrected chi connectivity index (χ4v) is 2.56. The third-order valence-corrected chi connectivity index (χ3v) is 3.76. The summed E-state index contributed by atoms with van der Waals surface area (Å²) in [5.74, 6) is -0.253. The van der Waals surface area contributed by atoms with Crippen LogP contribution in [-0.2, 0) is 14.3 Å². The van der Waals surface area contributed by atoms with Crippen LogP contribution in [0.3, 0.4) is 0 Å². The smallest absolute Gasteiger partial charge is 0.327 e. The summed E-state index contributed by atoms with van der Waals surface area (Å²) in [5.41, 5.74) is 3.21. The third-order valence-electron chi connectivity index (χ3n) is 3.76. The molecule has 20 heavy (non-hydrogen) atoms. The molecule has 0 spiro atoms. The zero-order chi connectivity index (χ0) is 14.5. The van der Waals surface area contributed by atoms with Gasteiger partial charge < -0.3 is 9.47 Å². The highest BCUT2D eigenvalue weighted by Gasteiger charge is 2.25. The van der Waals surface area contributed by atoms with E-state index >= 15 is 0 Å². The van der Waals surface area contributed by atoms with Gasteiger partial charge >= 0.3 is 5.97 Å². The molecule has 1 saturated heterocycles. The number of hydrogen-bond donors (Lipinski definition) is 1. The van der Waals surface area contributed by atoms with Gasteiger partial charge in [0, 0.05) is 13.2 Å². The van der Waals surface area contributed by atoms with Crippen molar-refractivity contribution in [3.63, 3.8) is 0 Å². The molecule has 0 aromatic heterocycles. The van der Waals surface area contributed by atoms with Crippen molar-refractivity contribution in [2.24, 2.45) is 0 Å². The first-order valence-corrected chi connectivity index (χ1v) is 7.11. The lowest BCUT2D eigenvalue weighted by Gasteiger charge is -2.21. The number of methoxy groups -OCH3 is 1. The molecular weight excluding hydrogens is 254 g/mol. The molecule has 110 valence electrons. The van der Waals surface area contributed by atoms with Crippen LogP contribution in [0.25, 0.3) is 0 Å². The summed E-state index contributed by atoms with van der Waals surface area (Å²) in [6, 6.07) is 5.70. The minimum atomic E-state index is -0.427. The van der Waals surface area contributed by atoms with Crippen molar-refractivity contribution in [1.82, 2.24) is 5.32 Å². The molecule has 1 aromatic carbocycles. The quantitative estimate of drug-likeness (QED) is 0.839. The van der Waals surface area contributed by atoms with Crippen LogP contribution in [0.5, 0.6) is 0 Å². The van der Waals surface area contributed by atoms with Crippen LogP contribution in [0.15, 0.2) is 18.2 Å². The van der Waals surface area contributed by atoms with E-state index in [0.717, 1.165) is 36.1 Å². The monoisotopic (exact) mass is 277 g/mol. The van der Waals surface area contributed by atoms with Gasteiger partial charge in [0.1, 0.15) is 6.04 Å². The van der Waals surface area contributed by atoms with Crippen LogP contribution in [-0.4, -0.2) is 32.3 Å². The summed E-state index contributed by atoms with van der Waals surface area (Å²) in [4.78, 5) is 12.1. The molecule has 0 saturated carbocycles. The maximum atomic E-state index is 12.1. The average molecular weight is 277 g/mol. The van der Waals surface area contributed by atoms with Gasteiger partial charge in [-0.25, -0.2) is 4.79 Å². The predicted octanol–water partition coefficient (Wildman–Crippen LogP) is 2.29. The molecule has 1 aliphatic rings. The number of ether oxygens (including phenoxy) is 2. The zero-order valence-corrected chi connectivity index (χ0v) is 12.4. The molecule has 2 rings (SSSR count). The Balaban J connectivity index is 2.13. The molecule has 1 aromatic rings. The number of carbonyl (C=O) groups is 1. The SMILES string of the molecule is COC(=O)C(NCC1CCCO1)c1cc(C)ccc1C. The van der Waals surface area contributed by atoms with E-state index in [4.69, 9.17) is 9.47 Å². The number of nitrogens with one attached hydrogen (secondary N) is 1. The van der Waals surface area contributed by atoms with Crippen molar-refractivity contribution in [3.05, 3.63) is 34.9 Å². The van der Waals surface area contributed by atoms with Crippen molar-refractivity contribution in [2.75, 3.05) is 20.3 Å². The maximum absolute atomic E-state index is 12.1. The third kappa shape index (κ3) is 3.58. The second-order valence-electron chi connectivity index (χ2n) is 5.36.